The van der Waals surface area contributed by atoms with E-state index in [2.05, 4.69) is 86.8 Å². The normalized spacial score (nSPS) is 13.9. The summed E-state index contributed by atoms with van der Waals surface area (Å²) in [6.07, 6.45) is 63.6. The Bertz CT molecular complexity index is 1180. The quantitative estimate of drug-likeness (QED) is 0.0268. The van der Waals surface area contributed by atoms with Gasteiger partial charge in [0.25, 0.3) is 0 Å². The summed E-state index contributed by atoms with van der Waals surface area (Å²) in [5, 5.41) is 0. The Kier molecular flexibility index (Phi) is 48.3. The molecule has 9 heteroatoms. The van der Waals surface area contributed by atoms with Crippen LogP contribution in [0, 0.1) is 0 Å². The summed E-state index contributed by atoms with van der Waals surface area (Å²) < 4.78 is 33.6. The van der Waals surface area contributed by atoms with Gasteiger partial charge >= 0.3 is 13.8 Å². The van der Waals surface area contributed by atoms with Crippen molar-refractivity contribution in [2.75, 3.05) is 33.0 Å². The molecule has 0 fully saturated rings. The minimum atomic E-state index is -4.29. The predicted octanol–water partition coefficient (Wildman–Crippen LogP) is 15.9. The third-order valence-corrected chi connectivity index (χ3v) is 11.6. The molecule has 62 heavy (non-hydrogen) atoms. The number of rotatable bonds is 48. The van der Waals surface area contributed by atoms with Crippen LogP contribution in [-0.4, -0.2) is 49.9 Å². The van der Waals surface area contributed by atoms with Crippen LogP contribution >= 0.6 is 7.82 Å². The van der Waals surface area contributed by atoms with E-state index in [1.165, 1.54) is 135 Å². The number of esters is 1. The van der Waals surface area contributed by atoms with E-state index in [-0.39, 0.29) is 32.3 Å². The van der Waals surface area contributed by atoms with Crippen molar-refractivity contribution in [3.8, 4) is 0 Å². The molecule has 0 aliphatic heterocycles. The summed E-state index contributed by atoms with van der Waals surface area (Å²) in [6, 6.07) is 0. The van der Waals surface area contributed by atoms with Crippen LogP contribution in [0.3, 0.4) is 0 Å². The number of phosphoric ester groups is 1. The van der Waals surface area contributed by atoms with E-state index in [9.17, 15) is 14.3 Å². The Labute approximate surface area is 382 Å². The fourth-order valence-corrected chi connectivity index (χ4v) is 7.67. The van der Waals surface area contributed by atoms with E-state index in [1.807, 2.05) is 0 Å². The van der Waals surface area contributed by atoms with Gasteiger partial charge in [0.1, 0.15) is 6.10 Å². The van der Waals surface area contributed by atoms with Gasteiger partial charge in [0.05, 0.1) is 19.8 Å². The number of unbranched alkanes of at least 4 members (excludes halogenated alkanes) is 23. The zero-order valence-electron chi connectivity index (χ0n) is 40.1. The molecule has 360 valence electrons. The summed E-state index contributed by atoms with van der Waals surface area (Å²) >= 11 is 0. The van der Waals surface area contributed by atoms with Crippen molar-refractivity contribution >= 4 is 13.8 Å². The maximum atomic E-state index is 12.7. The highest BCUT2D eigenvalue weighted by atomic mass is 31.2. The number of carbonyl (C=O) groups is 1. The van der Waals surface area contributed by atoms with Crippen LogP contribution in [0.1, 0.15) is 219 Å². The highest BCUT2D eigenvalue weighted by molar-refractivity contribution is 7.47. The number of hydrogen-bond donors (Lipinski definition) is 2. The molecule has 0 saturated heterocycles. The van der Waals surface area contributed by atoms with E-state index in [0.717, 1.165) is 64.2 Å². The Morgan fingerprint density at radius 3 is 1.35 bits per heavy atom. The molecule has 0 bridgehead atoms. The number of carbonyl (C=O) groups excluding carboxylic acids is 1. The highest BCUT2D eigenvalue weighted by Crippen LogP contribution is 2.43. The first-order chi connectivity index (χ1) is 30.4. The lowest BCUT2D eigenvalue weighted by atomic mass is 10.1. The molecule has 0 heterocycles. The molecule has 0 spiro atoms. The molecule has 0 aromatic rings. The van der Waals surface area contributed by atoms with Crippen molar-refractivity contribution < 1.29 is 32.8 Å². The number of ether oxygens (including phenoxy) is 2. The molecule has 0 aliphatic rings. The van der Waals surface area contributed by atoms with Crippen molar-refractivity contribution in [1.82, 2.24) is 0 Å². The lowest BCUT2D eigenvalue weighted by Crippen LogP contribution is -2.28. The summed E-state index contributed by atoms with van der Waals surface area (Å²) in [5.41, 5.74) is 5.39. The fraction of sp³-hybridized carbons (Fsp3) is 0.755. The van der Waals surface area contributed by atoms with Crippen LogP contribution in [0.5, 0.6) is 0 Å². The Morgan fingerprint density at radius 2 is 0.903 bits per heavy atom. The molecule has 2 atom stereocenters. The van der Waals surface area contributed by atoms with E-state index >= 15 is 0 Å². The van der Waals surface area contributed by atoms with Gasteiger partial charge in [-0.1, -0.05) is 202 Å². The number of hydrogen-bond acceptors (Lipinski definition) is 7. The average molecular weight is 890 g/mol. The van der Waals surface area contributed by atoms with Gasteiger partial charge in [-0.15, -0.1) is 0 Å². The largest absolute Gasteiger partial charge is 0.472 e. The van der Waals surface area contributed by atoms with Crippen LogP contribution in [-0.2, 0) is 27.9 Å². The van der Waals surface area contributed by atoms with Crippen LogP contribution < -0.4 is 5.73 Å². The fourth-order valence-electron chi connectivity index (χ4n) is 6.90. The van der Waals surface area contributed by atoms with Gasteiger partial charge in [-0.25, -0.2) is 4.57 Å². The average Bonchev–Trinajstić information content (AvgIpc) is 3.26. The standard InChI is InChI=1S/C53H96NO7P/c1-3-5-7-9-11-13-15-17-19-21-23-25-27-29-31-33-35-37-39-41-43-45-48-58-50-52(51-60-62(56,57)59-49-47-54)61-53(55)46-44-42-40-38-36-34-32-30-28-26-24-22-20-18-16-14-12-10-8-6-4-2/h5,7,11,13,16-19,22-25,52H,3-4,6,8-10,12,14-15,20-21,26-51,54H2,1-2H3,(H,56,57)/b7-5-,13-11-,18-16-,19-17-,24-22-,25-23-. The number of nitrogens with two attached hydrogens (primary N) is 1. The molecule has 0 aromatic heterocycles. The second-order valence-electron chi connectivity index (χ2n) is 16.6. The van der Waals surface area contributed by atoms with Crippen LogP contribution in [0.4, 0.5) is 0 Å². The topological polar surface area (TPSA) is 117 Å². The van der Waals surface area contributed by atoms with Gasteiger partial charge in [0, 0.05) is 19.6 Å². The third kappa shape index (κ3) is 49.0. The van der Waals surface area contributed by atoms with Crippen LogP contribution in [0.25, 0.3) is 0 Å². The molecular formula is C53H96NO7P. The lowest BCUT2D eigenvalue weighted by molar-refractivity contribution is -0.154. The lowest BCUT2D eigenvalue weighted by Gasteiger charge is -2.20. The first-order valence-corrected chi connectivity index (χ1v) is 26.9. The van der Waals surface area contributed by atoms with E-state index in [1.54, 1.807) is 0 Å². The number of allylic oxidation sites excluding steroid dienone is 12. The van der Waals surface area contributed by atoms with E-state index in [0.29, 0.717) is 13.0 Å². The van der Waals surface area contributed by atoms with Gasteiger partial charge in [-0.2, -0.15) is 0 Å². The molecule has 0 aliphatic carbocycles. The smallest absolute Gasteiger partial charge is 0.457 e. The van der Waals surface area contributed by atoms with Gasteiger partial charge in [0.2, 0.25) is 0 Å². The van der Waals surface area contributed by atoms with Gasteiger partial charge in [-0.3, -0.25) is 13.8 Å². The molecule has 0 radical (unpaired) electrons. The Balaban J connectivity index is 3.98. The summed E-state index contributed by atoms with van der Waals surface area (Å²) in [7, 11) is -4.29. The van der Waals surface area contributed by atoms with Crippen molar-refractivity contribution in [2.45, 2.75) is 225 Å². The monoisotopic (exact) mass is 890 g/mol. The zero-order valence-corrected chi connectivity index (χ0v) is 41.0. The van der Waals surface area contributed by atoms with Crippen molar-refractivity contribution in [1.29, 1.82) is 0 Å². The van der Waals surface area contributed by atoms with E-state index < -0.39 is 13.9 Å². The van der Waals surface area contributed by atoms with Gasteiger partial charge in [0.15, 0.2) is 0 Å². The van der Waals surface area contributed by atoms with Crippen molar-refractivity contribution in [3.05, 3.63) is 72.9 Å². The molecule has 0 saturated carbocycles. The molecule has 0 rings (SSSR count). The third-order valence-electron chi connectivity index (χ3n) is 10.6. The predicted molar refractivity (Wildman–Crippen MR) is 265 cm³/mol. The first kappa shape index (κ1) is 59.9. The number of phosphoric acid groups is 1. The van der Waals surface area contributed by atoms with Crippen molar-refractivity contribution in [3.63, 3.8) is 0 Å². The van der Waals surface area contributed by atoms with Crippen LogP contribution in [0.15, 0.2) is 72.9 Å². The second kappa shape index (κ2) is 49.9. The molecule has 2 unspecified atom stereocenters. The molecule has 3 N–H and O–H groups in total. The Hall–Kier alpha value is -2.06. The molecule has 0 aromatic carbocycles. The maximum absolute atomic E-state index is 12.7. The first-order valence-electron chi connectivity index (χ1n) is 25.4. The molecule has 0 amide bonds. The Morgan fingerprint density at radius 1 is 0.500 bits per heavy atom. The van der Waals surface area contributed by atoms with Crippen LogP contribution in [0.2, 0.25) is 0 Å². The summed E-state index contributed by atoms with van der Waals surface area (Å²) in [6.45, 7) is 4.79. The SMILES string of the molecule is CC/C=C\C/C=C\C/C=C\C/C=C\CCCCCCCCCCCOCC(COP(=O)(O)OCCN)OC(=O)CCCCCCCCCCC/C=C\C/C=C\CCCCCCC. The highest BCUT2D eigenvalue weighted by Gasteiger charge is 2.25. The second-order valence-corrected chi connectivity index (χ2v) is 18.1. The summed E-state index contributed by atoms with van der Waals surface area (Å²) in [4.78, 5) is 22.6. The van der Waals surface area contributed by atoms with Gasteiger partial charge < -0.3 is 20.1 Å². The maximum Gasteiger partial charge on any atom is 0.472 e. The summed E-state index contributed by atoms with van der Waals surface area (Å²) in [5.74, 6) is -0.338. The van der Waals surface area contributed by atoms with Crippen molar-refractivity contribution in [2.24, 2.45) is 5.73 Å². The minimum Gasteiger partial charge on any atom is -0.457 e. The van der Waals surface area contributed by atoms with Gasteiger partial charge in [-0.05, 0) is 83.5 Å². The minimum absolute atomic E-state index is 0.0956. The molecule has 8 nitrogen and oxygen atoms in total. The van der Waals surface area contributed by atoms with E-state index in [4.69, 9.17) is 24.3 Å². The zero-order chi connectivity index (χ0) is 45.1. The molecular weight excluding hydrogens is 794 g/mol.